The predicted octanol–water partition coefficient (Wildman–Crippen LogP) is 11.1. The summed E-state index contributed by atoms with van der Waals surface area (Å²) in [6.07, 6.45) is 0. The Balaban J connectivity index is 1.14. The molecule has 0 spiro atoms. The molecule has 10 aromatic carbocycles. The Morgan fingerprint density at radius 3 is 1.10 bits per heavy atom. The van der Waals surface area contributed by atoms with Gasteiger partial charge in [0.15, 0.2) is 0 Å². The number of rotatable bonds is 7. The van der Waals surface area contributed by atoms with Crippen molar-refractivity contribution in [3.05, 3.63) is 232 Å². The van der Waals surface area contributed by atoms with Gasteiger partial charge in [-0.2, -0.15) is 0 Å². The number of nitrogens with zero attached hydrogens (tertiary/aromatic N) is 3. The first-order valence-electron chi connectivity index (χ1n) is 30.3. The topological polar surface area (TPSA) is 9.72 Å². The molecule has 0 amide bonds. The van der Waals surface area contributed by atoms with Crippen molar-refractivity contribution >= 4 is 144 Å². The monoisotopic (exact) mass is 1070 g/mol. The van der Waals surface area contributed by atoms with Gasteiger partial charge in [-0.25, -0.2) is 4.39 Å². The summed E-state index contributed by atoms with van der Waals surface area (Å²) in [5, 5.41) is 0. The van der Waals surface area contributed by atoms with E-state index in [0.717, 1.165) is 67.4 Å². The molecule has 0 atom stereocenters. The first kappa shape index (κ1) is 51.7. The molecule has 0 radical (unpaired) electrons. The van der Waals surface area contributed by atoms with Crippen LogP contribution in [0.15, 0.2) is 176 Å². The number of hydrogen-bond donors (Lipinski definition) is 0. The van der Waals surface area contributed by atoms with Gasteiger partial charge in [0.05, 0.1) is 0 Å². The van der Waals surface area contributed by atoms with Crippen molar-refractivity contribution in [2.24, 2.45) is 0 Å². The van der Waals surface area contributed by atoms with Crippen LogP contribution >= 0.6 is 0 Å². The van der Waals surface area contributed by atoms with Crippen molar-refractivity contribution in [2.75, 3.05) is 14.7 Å². The molecule has 0 saturated carbocycles. The summed E-state index contributed by atoms with van der Waals surface area (Å²) in [6.45, 7) is 26.5. The first-order valence-corrected chi connectivity index (χ1v) is 30.3. The zero-order valence-corrected chi connectivity index (χ0v) is 50.0. The zero-order chi connectivity index (χ0) is 57.2. The van der Waals surface area contributed by atoms with E-state index >= 15 is 4.39 Å². The lowest BCUT2D eigenvalue weighted by molar-refractivity contribution is 0.643. The van der Waals surface area contributed by atoms with Gasteiger partial charge in [-0.1, -0.05) is 225 Å². The predicted molar refractivity (Wildman–Crippen MR) is 359 cm³/mol. The van der Waals surface area contributed by atoms with Crippen LogP contribution in [0.2, 0.25) is 0 Å². The van der Waals surface area contributed by atoms with Crippen LogP contribution in [-0.4, -0.2) is 26.9 Å². The lowest BCUT2D eigenvalue weighted by Crippen LogP contribution is -2.73. The highest BCUT2D eigenvalue weighted by Crippen LogP contribution is 2.48. The van der Waals surface area contributed by atoms with Crippen molar-refractivity contribution < 1.29 is 4.39 Å². The van der Waals surface area contributed by atoms with Gasteiger partial charge in [0.2, 0.25) is 6.71 Å². The summed E-state index contributed by atoms with van der Waals surface area (Å²) in [7, 11) is 0. The highest BCUT2D eigenvalue weighted by molar-refractivity contribution is 7.07. The van der Waals surface area contributed by atoms with Gasteiger partial charge in [0.1, 0.15) is 5.82 Å². The minimum Gasteiger partial charge on any atom is -0.312 e. The Bertz CT molecular complexity index is 4330. The highest BCUT2D eigenvalue weighted by Gasteiger charge is 2.55. The van der Waals surface area contributed by atoms with E-state index in [9.17, 15) is 0 Å². The molecule has 0 aliphatic carbocycles. The molecule has 5 aliphatic heterocycles. The molecule has 5 aliphatic rings. The van der Waals surface area contributed by atoms with Crippen LogP contribution in [-0.2, 0) is 0 Å². The summed E-state index contributed by atoms with van der Waals surface area (Å²) in [6, 6.07) is 66.6. The maximum Gasteiger partial charge on any atom is 0.252 e. The Hall–Kier alpha value is -8.21. The number of hydrogen-bond acceptors (Lipinski definition) is 3. The molecule has 8 heteroatoms. The molecule has 0 N–H and O–H groups in total. The third-order valence-corrected chi connectivity index (χ3v) is 19.6. The van der Waals surface area contributed by atoms with Crippen LogP contribution in [0.3, 0.4) is 0 Å². The zero-order valence-electron chi connectivity index (χ0n) is 50.0. The van der Waals surface area contributed by atoms with Crippen molar-refractivity contribution in [1.82, 2.24) is 0 Å². The van der Waals surface area contributed by atoms with Gasteiger partial charge in [0, 0.05) is 51.2 Å². The van der Waals surface area contributed by atoms with Crippen LogP contribution in [0.1, 0.15) is 109 Å². The standard InChI is InChI=1S/C75H68B4FN3/c1-42(2)51-38-53(43(3)4)69(54(39-51)44(5)6)76-55-26-16-20-30-61(55)81(52-24-14-13-15-25-52)65-41-66-60(40-59(65)76)77-56-27-17-21-31-62(56)82-63-32-22-18-28-57(63)78(67-47(9)34-45(7)35-48(67)10)70-73(80)71-75(72(77)74(70)82)83(66)64-33-23-19-29-58(64)79(71)68-49(11)36-46(8)37-50(68)12/h13-44H,1-12H3. The van der Waals surface area contributed by atoms with E-state index in [4.69, 9.17) is 0 Å². The van der Waals surface area contributed by atoms with E-state index in [1.54, 1.807) is 0 Å². The number of benzene rings is 10. The molecule has 0 saturated heterocycles. The number of halogens is 1. The van der Waals surface area contributed by atoms with Crippen molar-refractivity contribution in [2.45, 2.75) is 101 Å². The minimum absolute atomic E-state index is 0.0915. The molecular weight excluding hydrogens is 1010 g/mol. The minimum atomic E-state index is -0.391. The van der Waals surface area contributed by atoms with Gasteiger partial charge >= 0.3 is 0 Å². The van der Waals surface area contributed by atoms with E-state index in [1.807, 2.05) is 0 Å². The van der Waals surface area contributed by atoms with Crippen LogP contribution in [0.25, 0.3) is 0 Å². The average molecular weight is 1070 g/mol. The molecule has 5 heterocycles. The molecule has 10 aromatic rings. The van der Waals surface area contributed by atoms with Crippen LogP contribution in [0.5, 0.6) is 0 Å². The molecule has 3 nitrogen and oxygen atoms in total. The van der Waals surface area contributed by atoms with E-state index in [2.05, 4.69) is 274 Å². The normalized spacial score (nSPS) is 14.0. The van der Waals surface area contributed by atoms with Gasteiger partial charge in [-0.05, 0) is 168 Å². The van der Waals surface area contributed by atoms with Crippen molar-refractivity contribution in [3.63, 3.8) is 0 Å². The molecule has 402 valence electrons. The van der Waals surface area contributed by atoms with Gasteiger partial charge in [-0.3, -0.25) is 0 Å². The van der Waals surface area contributed by atoms with Crippen LogP contribution in [0, 0.1) is 47.4 Å². The number of para-hydroxylation sites is 5. The Kier molecular flexibility index (Phi) is 11.8. The highest BCUT2D eigenvalue weighted by atomic mass is 19.1. The summed E-state index contributed by atoms with van der Waals surface area (Å²) in [5.41, 5.74) is 35.0. The van der Waals surface area contributed by atoms with Gasteiger partial charge in [0.25, 0.3) is 20.1 Å². The first-order chi connectivity index (χ1) is 40.1. The molecular formula is C75H68B4FN3. The quantitative estimate of drug-likeness (QED) is 0.147. The Morgan fingerprint density at radius 2 is 0.675 bits per heavy atom. The molecule has 83 heavy (non-hydrogen) atoms. The maximum atomic E-state index is 20.6. The Morgan fingerprint density at radius 1 is 0.313 bits per heavy atom. The molecule has 15 rings (SSSR count). The smallest absolute Gasteiger partial charge is 0.252 e. The van der Waals surface area contributed by atoms with Crippen LogP contribution < -0.4 is 80.3 Å². The fraction of sp³-hybridized carbons (Fsp3) is 0.200. The summed E-state index contributed by atoms with van der Waals surface area (Å²) in [4.78, 5) is 7.53. The largest absolute Gasteiger partial charge is 0.312 e. The van der Waals surface area contributed by atoms with E-state index in [-0.39, 0.29) is 37.8 Å². The average Bonchev–Trinajstić information content (AvgIpc) is 0.811. The van der Waals surface area contributed by atoms with Crippen molar-refractivity contribution in [1.29, 1.82) is 0 Å². The van der Waals surface area contributed by atoms with Crippen molar-refractivity contribution in [3.8, 4) is 0 Å². The lowest BCUT2D eigenvalue weighted by Gasteiger charge is -2.51. The van der Waals surface area contributed by atoms with Crippen LogP contribution in [0.4, 0.5) is 55.6 Å². The van der Waals surface area contributed by atoms with E-state index in [0.29, 0.717) is 5.92 Å². The number of aryl methyl sites for hydroxylation is 6. The lowest BCUT2D eigenvalue weighted by atomic mass is 9.25. The molecule has 0 unspecified atom stereocenters. The fourth-order valence-electron chi connectivity index (χ4n) is 16.5. The number of fused-ring (bicyclic) bond motifs is 12. The van der Waals surface area contributed by atoms with E-state index < -0.39 is 6.71 Å². The maximum absolute atomic E-state index is 20.6. The number of anilines is 9. The van der Waals surface area contributed by atoms with Gasteiger partial charge in [-0.15, -0.1) is 0 Å². The SMILES string of the molecule is Cc1cc(C)c(B2c3ccccc3N3c4ccccc4B4c5cc6c(cc5N5c7ccccc7B(c7c(C)cc(C)cc7C)c7c(F)c2c3c4c75)N(c2ccccc2)c2ccccc2B6c2c(C(C)C)cc(C(C)C)cc2C(C)C)c(C)c1. The summed E-state index contributed by atoms with van der Waals surface area (Å²) in [5.74, 6) is 0.825. The summed E-state index contributed by atoms with van der Waals surface area (Å²) >= 11 is 0. The third kappa shape index (κ3) is 7.33. The second kappa shape index (κ2) is 18.9. The molecule has 0 bridgehead atoms. The molecule has 0 fully saturated rings. The second-order valence-electron chi connectivity index (χ2n) is 25.7. The third-order valence-electron chi connectivity index (χ3n) is 19.6. The molecule has 0 aromatic heterocycles. The summed E-state index contributed by atoms with van der Waals surface area (Å²) < 4.78 is 20.6. The van der Waals surface area contributed by atoms with E-state index in [1.165, 1.54) is 99.5 Å². The Labute approximate surface area is 492 Å². The van der Waals surface area contributed by atoms with Gasteiger partial charge < -0.3 is 14.7 Å². The fourth-order valence-corrected chi connectivity index (χ4v) is 16.5. The second-order valence-corrected chi connectivity index (χ2v) is 25.7.